The average Bonchev–Trinajstić information content (AvgIpc) is 3.20. The molecule has 1 N–H and O–H groups in total. The van der Waals surface area contributed by atoms with Crippen molar-refractivity contribution in [2.75, 3.05) is 11.9 Å². The van der Waals surface area contributed by atoms with E-state index in [0.29, 0.717) is 6.04 Å². The molecule has 1 aliphatic carbocycles. The van der Waals surface area contributed by atoms with E-state index >= 15 is 0 Å². The van der Waals surface area contributed by atoms with Crippen molar-refractivity contribution in [3.05, 3.63) is 23.4 Å². The zero-order chi connectivity index (χ0) is 13.8. The molecule has 1 aliphatic rings. The highest BCUT2D eigenvalue weighted by Crippen LogP contribution is 2.29. The lowest BCUT2D eigenvalue weighted by Crippen LogP contribution is -2.24. The van der Waals surface area contributed by atoms with Crippen LogP contribution in [0.25, 0.3) is 0 Å². The Balaban J connectivity index is 2.16. The van der Waals surface area contributed by atoms with Crippen molar-refractivity contribution < 1.29 is 0 Å². The van der Waals surface area contributed by atoms with Gasteiger partial charge in [0.15, 0.2) is 0 Å². The topological polar surface area (TPSA) is 28.2 Å². The van der Waals surface area contributed by atoms with E-state index < -0.39 is 0 Å². The number of nitrogens with one attached hydrogen (secondary N) is 1. The zero-order valence-corrected chi connectivity index (χ0v) is 12.7. The van der Waals surface area contributed by atoms with E-state index in [1.807, 2.05) is 0 Å². The van der Waals surface area contributed by atoms with Crippen LogP contribution in [0.3, 0.4) is 0 Å². The molecule has 0 aromatic carbocycles. The van der Waals surface area contributed by atoms with Crippen molar-refractivity contribution in [2.24, 2.45) is 0 Å². The van der Waals surface area contributed by atoms with Gasteiger partial charge in [0.2, 0.25) is 0 Å². The largest absolute Gasteiger partial charge is 0.357 e. The molecular weight excluding hydrogens is 234 g/mol. The minimum atomic E-state index is 0.521. The number of aromatic nitrogens is 1. The molecule has 3 heteroatoms. The van der Waals surface area contributed by atoms with Crippen LogP contribution in [0.15, 0.2) is 12.1 Å². The Kier molecular flexibility index (Phi) is 4.81. The fraction of sp³-hybridized carbons (Fsp3) is 0.688. The molecule has 0 bridgehead atoms. The molecule has 19 heavy (non-hydrogen) atoms. The van der Waals surface area contributed by atoms with Crippen molar-refractivity contribution in [1.82, 2.24) is 10.3 Å². The summed E-state index contributed by atoms with van der Waals surface area (Å²) in [5.41, 5.74) is 2.59. The monoisotopic (exact) mass is 261 g/mol. The molecule has 2 rings (SSSR count). The number of hydrogen-bond donors (Lipinski definition) is 1. The summed E-state index contributed by atoms with van der Waals surface area (Å²) in [5.74, 6) is 1.15. The van der Waals surface area contributed by atoms with E-state index in [-0.39, 0.29) is 0 Å². The second kappa shape index (κ2) is 6.38. The first-order valence-electron chi connectivity index (χ1n) is 7.56. The predicted molar refractivity (Wildman–Crippen MR) is 81.6 cm³/mol. The molecule has 3 nitrogen and oxygen atoms in total. The summed E-state index contributed by atoms with van der Waals surface area (Å²) in [6.07, 6.45) is 4.85. The molecule has 1 saturated carbocycles. The van der Waals surface area contributed by atoms with E-state index in [0.717, 1.165) is 31.2 Å². The third kappa shape index (κ3) is 4.20. The van der Waals surface area contributed by atoms with Gasteiger partial charge in [-0.05, 0) is 37.0 Å². The van der Waals surface area contributed by atoms with Gasteiger partial charge >= 0.3 is 0 Å². The molecule has 0 unspecified atom stereocenters. The molecule has 0 atom stereocenters. The molecule has 1 aromatic heterocycles. The number of hydrogen-bond acceptors (Lipinski definition) is 3. The minimum absolute atomic E-state index is 0.521. The molecule has 0 spiro atoms. The molecule has 0 aliphatic heterocycles. The number of pyridine rings is 1. The lowest BCUT2D eigenvalue weighted by molar-refractivity contribution is 0.588. The highest BCUT2D eigenvalue weighted by atomic mass is 15.2. The molecule has 0 radical (unpaired) electrons. The standard InChI is InChI=1S/C16H27N3/c1-5-6-14-9-13(11-17-12(2)3)10-16(18-14)19(4)15-7-8-15/h9-10,12,15,17H,5-8,11H2,1-4H3. The summed E-state index contributed by atoms with van der Waals surface area (Å²) >= 11 is 0. The Bertz CT molecular complexity index is 410. The third-order valence-electron chi connectivity index (χ3n) is 3.60. The van der Waals surface area contributed by atoms with Gasteiger partial charge in [-0.1, -0.05) is 27.2 Å². The zero-order valence-electron chi connectivity index (χ0n) is 12.7. The van der Waals surface area contributed by atoms with Crippen molar-refractivity contribution in [3.8, 4) is 0 Å². The van der Waals surface area contributed by atoms with E-state index in [2.05, 4.69) is 50.2 Å². The average molecular weight is 261 g/mol. The molecule has 106 valence electrons. The van der Waals surface area contributed by atoms with Crippen molar-refractivity contribution in [2.45, 2.75) is 65.1 Å². The lowest BCUT2D eigenvalue weighted by atomic mass is 10.1. The smallest absolute Gasteiger partial charge is 0.129 e. The van der Waals surface area contributed by atoms with Crippen LogP contribution in [0.5, 0.6) is 0 Å². The van der Waals surface area contributed by atoms with Crippen molar-refractivity contribution >= 4 is 5.82 Å². The maximum Gasteiger partial charge on any atom is 0.129 e. The van der Waals surface area contributed by atoms with Gasteiger partial charge < -0.3 is 10.2 Å². The fourth-order valence-electron chi connectivity index (χ4n) is 2.27. The fourth-order valence-corrected chi connectivity index (χ4v) is 2.27. The lowest BCUT2D eigenvalue weighted by Gasteiger charge is -2.20. The van der Waals surface area contributed by atoms with Gasteiger partial charge in [-0.2, -0.15) is 0 Å². The molecular formula is C16H27N3. The molecule has 0 saturated heterocycles. The van der Waals surface area contributed by atoms with Crippen LogP contribution >= 0.6 is 0 Å². The summed E-state index contributed by atoms with van der Waals surface area (Å²) in [6.45, 7) is 7.52. The SMILES string of the molecule is CCCc1cc(CNC(C)C)cc(N(C)C2CC2)n1. The van der Waals surface area contributed by atoms with Crippen LogP contribution in [0, 0.1) is 0 Å². The first-order chi connectivity index (χ1) is 9.10. The number of anilines is 1. The Morgan fingerprint density at radius 2 is 2.11 bits per heavy atom. The first kappa shape index (κ1) is 14.3. The normalized spacial score (nSPS) is 15.0. The molecule has 0 amide bonds. The van der Waals surface area contributed by atoms with E-state index in [1.165, 1.54) is 24.1 Å². The van der Waals surface area contributed by atoms with Gasteiger partial charge in [-0.25, -0.2) is 4.98 Å². The number of nitrogens with zero attached hydrogens (tertiary/aromatic N) is 2. The summed E-state index contributed by atoms with van der Waals surface area (Å²) in [5, 5.41) is 3.50. The Morgan fingerprint density at radius 1 is 1.37 bits per heavy atom. The van der Waals surface area contributed by atoms with Crippen LogP contribution in [0.4, 0.5) is 5.82 Å². The second-order valence-corrected chi connectivity index (χ2v) is 5.95. The highest BCUT2D eigenvalue weighted by Gasteiger charge is 2.27. The van der Waals surface area contributed by atoms with E-state index in [1.54, 1.807) is 0 Å². The highest BCUT2D eigenvalue weighted by molar-refractivity contribution is 5.44. The second-order valence-electron chi connectivity index (χ2n) is 5.95. The molecule has 1 fully saturated rings. The maximum atomic E-state index is 4.81. The van der Waals surface area contributed by atoms with Gasteiger partial charge in [-0.3, -0.25) is 0 Å². The van der Waals surface area contributed by atoms with E-state index in [4.69, 9.17) is 4.98 Å². The van der Waals surface area contributed by atoms with Gasteiger partial charge in [0.1, 0.15) is 5.82 Å². The quantitative estimate of drug-likeness (QED) is 0.817. The molecule has 1 aromatic rings. The number of rotatable bonds is 7. The molecule has 1 heterocycles. The van der Waals surface area contributed by atoms with Gasteiger partial charge in [0.05, 0.1) is 0 Å². The number of aryl methyl sites for hydroxylation is 1. The summed E-state index contributed by atoms with van der Waals surface area (Å²) in [7, 11) is 2.18. The minimum Gasteiger partial charge on any atom is -0.357 e. The van der Waals surface area contributed by atoms with E-state index in [9.17, 15) is 0 Å². The first-order valence-corrected chi connectivity index (χ1v) is 7.56. The van der Waals surface area contributed by atoms with Crippen molar-refractivity contribution in [3.63, 3.8) is 0 Å². The van der Waals surface area contributed by atoms with Gasteiger partial charge in [-0.15, -0.1) is 0 Å². The van der Waals surface area contributed by atoms with Gasteiger partial charge in [0, 0.05) is 31.4 Å². The summed E-state index contributed by atoms with van der Waals surface area (Å²) in [4.78, 5) is 7.15. The Hall–Kier alpha value is -1.09. The Labute approximate surface area is 117 Å². The van der Waals surface area contributed by atoms with Crippen LogP contribution in [-0.2, 0) is 13.0 Å². The predicted octanol–water partition coefficient (Wildman–Crippen LogP) is 3.13. The van der Waals surface area contributed by atoms with Crippen LogP contribution < -0.4 is 10.2 Å². The van der Waals surface area contributed by atoms with Gasteiger partial charge in [0.25, 0.3) is 0 Å². The van der Waals surface area contributed by atoms with Crippen LogP contribution in [-0.4, -0.2) is 24.1 Å². The summed E-state index contributed by atoms with van der Waals surface area (Å²) < 4.78 is 0. The summed E-state index contributed by atoms with van der Waals surface area (Å²) in [6, 6.07) is 5.73. The van der Waals surface area contributed by atoms with Crippen LogP contribution in [0.1, 0.15) is 51.3 Å². The third-order valence-corrected chi connectivity index (χ3v) is 3.60. The Morgan fingerprint density at radius 3 is 2.68 bits per heavy atom. The maximum absolute atomic E-state index is 4.81. The van der Waals surface area contributed by atoms with Crippen LogP contribution in [0.2, 0.25) is 0 Å². The van der Waals surface area contributed by atoms with Crippen molar-refractivity contribution in [1.29, 1.82) is 0 Å².